The average Bonchev–Trinajstić information content (AvgIpc) is 2.96. The predicted octanol–water partition coefficient (Wildman–Crippen LogP) is 3.62. The molecule has 1 fully saturated rings. The van der Waals surface area contributed by atoms with E-state index in [1.54, 1.807) is 10.9 Å². The Morgan fingerprint density at radius 2 is 2.14 bits per heavy atom. The molecule has 1 aromatic carbocycles. The molecular weight excluding hydrogens is 295 g/mol. The lowest BCUT2D eigenvalue weighted by molar-refractivity contribution is -0.137. The number of halogens is 3. The van der Waals surface area contributed by atoms with E-state index in [0.717, 1.165) is 38.1 Å². The first kappa shape index (κ1) is 14.9. The van der Waals surface area contributed by atoms with Crippen LogP contribution in [0.5, 0.6) is 11.5 Å². The number of piperidine rings is 1. The topological polar surface area (TPSA) is 39.1 Å². The maximum Gasteiger partial charge on any atom is 0.416 e. The Labute approximate surface area is 125 Å². The first-order valence-electron chi connectivity index (χ1n) is 7.12. The van der Waals surface area contributed by atoms with Crippen molar-refractivity contribution in [2.24, 2.45) is 0 Å². The highest BCUT2D eigenvalue weighted by Gasteiger charge is 2.30. The number of ether oxygens (including phenoxy) is 1. The molecule has 0 bridgehead atoms. The fourth-order valence-electron chi connectivity index (χ4n) is 2.50. The molecule has 2 heterocycles. The molecule has 0 spiro atoms. The zero-order chi connectivity index (χ0) is 15.6. The van der Waals surface area contributed by atoms with Gasteiger partial charge in [-0.15, -0.1) is 0 Å². The second-order valence-electron chi connectivity index (χ2n) is 5.28. The molecule has 118 valence electrons. The van der Waals surface area contributed by atoms with Gasteiger partial charge in [0.1, 0.15) is 5.75 Å². The Balaban J connectivity index is 1.72. The first-order chi connectivity index (χ1) is 10.5. The van der Waals surface area contributed by atoms with Crippen LogP contribution in [0.2, 0.25) is 0 Å². The predicted molar refractivity (Wildman–Crippen MR) is 74.9 cm³/mol. The molecule has 0 radical (unpaired) electrons. The van der Waals surface area contributed by atoms with E-state index in [-0.39, 0.29) is 11.8 Å². The van der Waals surface area contributed by atoms with Gasteiger partial charge < -0.3 is 10.1 Å². The Kier molecular flexibility index (Phi) is 4.06. The van der Waals surface area contributed by atoms with Gasteiger partial charge in [-0.05, 0) is 37.6 Å². The second kappa shape index (κ2) is 6.00. The summed E-state index contributed by atoms with van der Waals surface area (Å²) in [5.74, 6) is 0.584. The molecular formula is C15H16F3N3O. The molecule has 1 aliphatic rings. The van der Waals surface area contributed by atoms with E-state index < -0.39 is 11.7 Å². The lowest BCUT2D eigenvalue weighted by Crippen LogP contribution is -2.31. The maximum absolute atomic E-state index is 12.7. The lowest BCUT2D eigenvalue weighted by atomic mass is 10.1. The van der Waals surface area contributed by atoms with Gasteiger partial charge in [-0.3, -0.25) is 4.68 Å². The molecule has 2 aromatic rings. The SMILES string of the molecule is FC(F)(F)c1cccc(Oc2cnn(C3CCCNC3)c2)c1. The molecule has 1 N–H and O–H groups in total. The first-order valence-corrected chi connectivity index (χ1v) is 7.12. The van der Waals surface area contributed by atoms with Crippen molar-refractivity contribution in [2.75, 3.05) is 13.1 Å². The highest BCUT2D eigenvalue weighted by molar-refractivity contribution is 5.33. The summed E-state index contributed by atoms with van der Waals surface area (Å²) in [6.07, 6.45) is 0.968. The van der Waals surface area contributed by atoms with E-state index in [2.05, 4.69) is 10.4 Å². The van der Waals surface area contributed by atoms with Gasteiger partial charge in [0, 0.05) is 6.54 Å². The van der Waals surface area contributed by atoms with E-state index in [1.807, 2.05) is 0 Å². The fourth-order valence-corrected chi connectivity index (χ4v) is 2.50. The average molecular weight is 311 g/mol. The van der Waals surface area contributed by atoms with E-state index in [1.165, 1.54) is 18.3 Å². The Bertz CT molecular complexity index is 633. The molecule has 1 saturated heterocycles. The zero-order valence-electron chi connectivity index (χ0n) is 11.8. The van der Waals surface area contributed by atoms with Gasteiger partial charge in [0.05, 0.1) is 24.0 Å². The summed E-state index contributed by atoms with van der Waals surface area (Å²) in [4.78, 5) is 0. The molecule has 4 nitrogen and oxygen atoms in total. The summed E-state index contributed by atoms with van der Waals surface area (Å²) >= 11 is 0. The Morgan fingerprint density at radius 3 is 2.86 bits per heavy atom. The zero-order valence-corrected chi connectivity index (χ0v) is 11.8. The van der Waals surface area contributed by atoms with Crippen molar-refractivity contribution in [1.82, 2.24) is 15.1 Å². The van der Waals surface area contributed by atoms with Crippen LogP contribution in [-0.2, 0) is 6.18 Å². The minimum absolute atomic E-state index is 0.149. The quantitative estimate of drug-likeness (QED) is 0.941. The number of rotatable bonds is 3. The largest absolute Gasteiger partial charge is 0.454 e. The molecule has 22 heavy (non-hydrogen) atoms. The van der Waals surface area contributed by atoms with Crippen molar-refractivity contribution in [3.8, 4) is 11.5 Å². The van der Waals surface area contributed by atoms with Crippen LogP contribution in [0, 0.1) is 0 Å². The molecule has 0 saturated carbocycles. The van der Waals surface area contributed by atoms with Crippen molar-refractivity contribution in [3.63, 3.8) is 0 Å². The van der Waals surface area contributed by atoms with Crippen molar-refractivity contribution >= 4 is 0 Å². The number of hydrogen-bond donors (Lipinski definition) is 1. The van der Waals surface area contributed by atoms with E-state index >= 15 is 0 Å². The molecule has 3 rings (SSSR count). The van der Waals surface area contributed by atoms with Gasteiger partial charge >= 0.3 is 6.18 Å². The second-order valence-corrected chi connectivity index (χ2v) is 5.28. The molecule has 1 unspecified atom stereocenters. The fraction of sp³-hybridized carbons (Fsp3) is 0.400. The summed E-state index contributed by atoms with van der Waals surface area (Å²) < 4.78 is 45.3. The number of nitrogens with zero attached hydrogens (tertiary/aromatic N) is 2. The van der Waals surface area contributed by atoms with Gasteiger partial charge in [0.15, 0.2) is 5.75 Å². The number of aromatic nitrogens is 2. The lowest BCUT2D eigenvalue weighted by Gasteiger charge is -2.22. The van der Waals surface area contributed by atoms with Crippen LogP contribution in [0.4, 0.5) is 13.2 Å². The van der Waals surface area contributed by atoms with Gasteiger partial charge in [-0.1, -0.05) is 6.07 Å². The molecule has 1 atom stereocenters. The van der Waals surface area contributed by atoms with Crippen molar-refractivity contribution in [3.05, 3.63) is 42.2 Å². The van der Waals surface area contributed by atoms with Crippen LogP contribution in [0.25, 0.3) is 0 Å². The van der Waals surface area contributed by atoms with Crippen LogP contribution in [0.3, 0.4) is 0 Å². The van der Waals surface area contributed by atoms with Crippen molar-refractivity contribution in [2.45, 2.75) is 25.1 Å². The third-order valence-electron chi connectivity index (χ3n) is 3.62. The number of benzene rings is 1. The van der Waals surface area contributed by atoms with Crippen molar-refractivity contribution in [1.29, 1.82) is 0 Å². The summed E-state index contributed by atoms with van der Waals surface area (Å²) in [5, 5.41) is 7.53. The highest BCUT2D eigenvalue weighted by atomic mass is 19.4. The summed E-state index contributed by atoms with van der Waals surface area (Å²) in [5.41, 5.74) is -0.728. The maximum atomic E-state index is 12.7. The van der Waals surface area contributed by atoms with Crippen LogP contribution >= 0.6 is 0 Å². The van der Waals surface area contributed by atoms with Gasteiger partial charge in [0.25, 0.3) is 0 Å². The molecule has 0 amide bonds. The summed E-state index contributed by atoms with van der Waals surface area (Å²) in [7, 11) is 0. The van der Waals surface area contributed by atoms with Crippen LogP contribution < -0.4 is 10.1 Å². The van der Waals surface area contributed by atoms with E-state index in [0.29, 0.717) is 5.75 Å². The Hall–Kier alpha value is -2.02. The number of nitrogens with one attached hydrogen (secondary N) is 1. The normalized spacial score (nSPS) is 19.1. The van der Waals surface area contributed by atoms with Gasteiger partial charge in [0.2, 0.25) is 0 Å². The van der Waals surface area contributed by atoms with Crippen LogP contribution in [0.1, 0.15) is 24.4 Å². The minimum atomic E-state index is -4.38. The van der Waals surface area contributed by atoms with Crippen LogP contribution in [-0.4, -0.2) is 22.9 Å². The highest BCUT2D eigenvalue weighted by Crippen LogP contribution is 2.32. The smallest absolute Gasteiger partial charge is 0.416 e. The van der Waals surface area contributed by atoms with Crippen LogP contribution in [0.15, 0.2) is 36.7 Å². The molecule has 0 aliphatic carbocycles. The summed E-state index contributed by atoms with van der Waals surface area (Å²) in [6.45, 7) is 1.84. The third kappa shape index (κ3) is 3.41. The molecule has 1 aliphatic heterocycles. The van der Waals surface area contributed by atoms with E-state index in [4.69, 9.17) is 4.74 Å². The molecule has 1 aromatic heterocycles. The minimum Gasteiger partial charge on any atom is -0.454 e. The van der Waals surface area contributed by atoms with Gasteiger partial charge in [-0.25, -0.2) is 0 Å². The standard InChI is InChI=1S/C15H16F3N3O/c16-15(17,18)11-3-1-5-13(7-11)22-14-9-20-21(10-14)12-4-2-6-19-8-12/h1,3,5,7,9-10,12,19H,2,4,6,8H2. The molecule has 7 heteroatoms. The number of alkyl halides is 3. The monoisotopic (exact) mass is 311 g/mol. The third-order valence-corrected chi connectivity index (χ3v) is 3.62. The number of hydrogen-bond acceptors (Lipinski definition) is 3. The van der Waals surface area contributed by atoms with E-state index in [9.17, 15) is 13.2 Å². The summed E-state index contributed by atoms with van der Waals surface area (Å²) in [6, 6.07) is 5.08. The Morgan fingerprint density at radius 1 is 1.27 bits per heavy atom. The van der Waals surface area contributed by atoms with Crippen molar-refractivity contribution < 1.29 is 17.9 Å². The van der Waals surface area contributed by atoms with Gasteiger partial charge in [-0.2, -0.15) is 18.3 Å².